The lowest BCUT2D eigenvalue weighted by Gasteiger charge is -2.17. The Kier molecular flexibility index (Phi) is 5.50. The lowest BCUT2D eigenvalue weighted by atomic mass is 10.1. The highest BCUT2D eigenvalue weighted by molar-refractivity contribution is 7.87. The van der Waals surface area contributed by atoms with E-state index in [0.717, 1.165) is 5.56 Å². The van der Waals surface area contributed by atoms with Crippen LogP contribution in [0.25, 0.3) is 6.08 Å². The molecule has 1 fully saturated rings. The largest absolute Gasteiger partial charge is 0.378 e. The summed E-state index contributed by atoms with van der Waals surface area (Å²) in [5.41, 5.74) is 0.757. The van der Waals surface area contributed by atoms with Gasteiger partial charge in [0.05, 0.1) is 0 Å². The van der Waals surface area contributed by atoms with Gasteiger partial charge >= 0.3 is 10.1 Å². The van der Waals surface area contributed by atoms with Crippen LogP contribution in [0.2, 0.25) is 5.02 Å². The zero-order valence-electron chi connectivity index (χ0n) is 14.4. The Hall–Kier alpha value is -2.75. The molecule has 10 heteroatoms. The highest BCUT2D eigenvalue weighted by Crippen LogP contribution is 2.28. The van der Waals surface area contributed by atoms with Gasteiger partial charge in [-0.15, -0.1) is 0 Å². The minimum absolute atomic E-state index is 0.0369. The first-order valence-corrected chi connectivity index (χ1v) is 10.0. The first kappa shape index (κ1) is 20.0. The molecule has 1 heterocycles. The number of hydrogen-bond donors (Lipinski definition) is 2. The second kappa shape index (κ2) is 7.70. The Bertz CT molecular complexity index is 1100. The number of carbonyl (C=O) groups is 2. The quantitative estimate of drug-likeness (QED) is 0.330. The van der Waals surface area contributed by atoms with Crippen LogP contribution in [0.4, 0.5) is 0 Å². The second-order valence-corrected chi connectivity index (χ2v) is 8.22. The van der Waals surface area contributed by atoms with Crippen molar-refractivity contribution in [2.24, 2.45) is 0 Å². The van der Waals surface area contributed by atoms with Gasteiger partial charge in [-0.05, 0) is 55.5 Å². The first-order valence-electron chi connectivity index (χ1n) is 7.85. The van der Waals surface area contributed by atoms with Crippen LogP contribution in [-0.2, 0) is 19.7 Å². The van der Waals surface area contributed by atoms with Crippen molar-refractivity contribution in [3.8, 4) is 5.75 Å². The van der Waals surface area contributed by atoms with Crippen LogP contribution in [-0.4, -0.2) is 25.3 Å². The number of thiocarbonyl (C=S) groups is 1. The number of amides is 2. The van der Waals surface area contributed by atoms with E-state index in [2.05, 4.69) is 10.6 Å². The van der Waals surface area contributed by atoms with Crippen molar-refractivity contribution in [1.29, 1.82) is 0 Å². The van der Waals surface area contributed by atoms with Gasteiger partial charge in [0, 0.05) is 10.6 Å². The van der Waals surface area contributed by atoms with Crippen LogP contribution in [0.5, 0.6) is 5.75 Å². The number of rotatable bonds is 4. The SMILES string of the molecule is Cc1ccc(S(=O)(=O)Oc2ccc(Cl)cc2C=C2C(=O)NC(=S)NC2=O)cc1. The molecule has 0 unspecified atom stereocenters. The summed E-state index contributed by atoms with van der Waals surface area (Å²) in [6, 6.07) is 10.3. The smallest absolute Gasteiger partial charge is 0.339 e. The predicted octanol–water partition coefficient (Wildman–Crippen LogP) is 2.33. The Balaban J connectivity index is 2.01. The van der Waals surface area contributed by atoms with E-state index in [1.54, 1.807) is 12.1 Å². The van der Waals surface area contributed by atoms with E-state index < -0.39 is 21.9 Å². The van der Waals surface area contributed by atoms with Crippen LogP contribution < -0.4 is 14.8 Å². The summed E-state index contributed by atoms with van der Waals surface area (Å²) in [6.45, 7) is 1.83. The highest BCUT2D eigenvalue weighted by Gasteiger charge is 2.27. The first-order chi connectivity index (χ1) is 13.2. The zero-order valence-corrected chi connectivity index (χ0v) is 16.7. The predicted molar refractivity (Wildman–Crippen MR) is 107 cm³/mol. The Morgan fingerprint density at radius 1 is 1.04 bits per heavy atom. The number of carbonyl (C=O) groups excluding carboxylic acids is 2. The molecule has 0 radical (unpaired) electrons. The number of hydrogen-bond acceptors (Lipinski definition) is 6. The van der Waals surface area contributed by atoms with Crippen LogP contribution in [0, 0.1) is 6.92 Å². The van der Waals surface area contributed by atoms with Crippen molar-refractivity contribution in [3.63, 3.8) is 0 Å². The molecule has 2 amide bonds. The van der Waals surface area contributed by atoms with Crippen molar-refractivity contribution in [3.05, 3.63) is 64.2 Å². The Morgan fingerprint density at radius 2 is 1.64 bits per heavy atom. The molecule has 7 nitrogen and oxygen atoms in total. The van der Waals surface area contributed by atoms with E-state index >= 15 is 0 Å². The molecule has 0 bridgehead atoms. The molecular weight excluding hydrogens is 424 g/mol. The summed E-state index contributed by atoms with van der Waals surface area (Å²) in [5.74, 6) is -1.53. The normalized spacial score (nSPS) is 14.4. The molecule has 144 valence electrons. The lowest BCUT2D eigenvalue weighted by molar-refractivity contribution is -0.123. The second-order valence-electron chi connectivity index (χ2n) is 5.83. The molecule has 0 spiro atoms. The third-order valence-corrected chi connectivity index (χ3v) is 5.41. The maximum atomic E-state index is 12.6. The van der Waals surface area contributed by atoms with Crippen LogP contribution in [0.15, 0.2) is 52.9 Å². The summed E-state index contributed by atoms with van der Waals surface area (Å²) >= 11 is 10.7. The third kappa shape index (κ3) is 4.38. The molecule has 2 aromatic rings. The van der Waals surface area contributed by atoms with Gasteiger partial charge in [0.15, 0.2) is 5.11 Å². The van der Waals surface area contributed by atoms with Gasteiger partial charge < -0.3 is 4.18 Å². The maximum Gasteiger partial charge on any atom is 0.339 e. The number of nitrogens with one attached hydrogen (secondary N) is 2. The minimum atomic E-state index is -4.14. The van der Waals surface area contributed by atoms with Crippen molar-refractivity contribution in [1.82, 2.24) is 10.6 Å². The van der Waals surface area contributed by atoms with E-state index in [4.69, 9.17) is 28.0 Å². The summed E-state index contributed by atoms with van der Waals surface area (Å²) in [5, 5.41) is 4.74. The Labute approximate surface area is 171 Å². The van der Waals surface area contributed by atoms with E-state index in [1.165, 1.54) is 36.4 Å². The van der Waals surface area contributed by atoms with Crippen molar-refractivity contribution >= 4 is 56.9 Å². The molecule has 1 saturated heterocycles. The van der Waals surface area contributed by atoms with Gasteiger partial charge in [0.25, 0.3) is 11.8 Å². The van der Waals surface area contributed by atoms with Crippen molar-refractivity contribution in [2.45, 2.75) is 11.8 Å². The molecule has 3 rings (SSSR count). The topological polar surface area (TPSA) is 102 Å². The summed E-state index contributed by atoms with van der Waals surface area (Å²) in [6.07, 6.45) is 1.18. The highest BCUT2D eigenvalue weighted by atomic mass is 35.5. The van der Waals surface area contributed by atoms with Gasteiger partial charge in [-0.25, -0.2) is 0 Å². The molecule has 1 aliphatic heterocycles. The average Bonchev–Trinajstić information content (AvgIpc) is 2.60. The van der Waals surface area contributed by atoms with Crippen LogP contribution in [0.1, 0.15) is 11.1 Å². The van der Waals surface area contributed by atoms with Crippen molar-refractivity contribution < 1.29 is 22.2 Å². The van der Waals surface area contributed by atoms with Gasteiger partial charge in [-0.2, -0.15) is 8.42 Å². The number of benzene rings is 2. The molecule has 0 saturated carbocycles. The Morgan fingerprint density at radius 3 is 2.25 bits per heavy atom. The van der Waals surface area contributed by atoms with Gasteiger partial charge in [-0.3, -0.25) is 20.2 Å². The molecule has 0 aromatic heterocycles. The van der Waals surface area contributed by atoms with Gasteiger partial charge in [0.1, 0.15) is 16.2 Å². The summed E-state index contributed by atoms with van der Waals surface area (Å²) in [4.78, 5) is 24.0. The van der Waals surface area contributed by atoms with Crippen LogP contribution >= 0.6 is 23.8 Å². The van der Waals surface area contributed by atoms with E-state index in [1.807, 2.05) is 6.92 Å². The standard InChI is InChI=1S/C18H13ClN2O5S2/c1-10-2-5-13(6-3-10)28(24,25)26-15-7-4-12(19)8-11(15)9-14-16(22)20-18(27)21-17(14)23/h2-9H,1H3,(H2,20,21,22,23,27). The molecular formula is C18H13ClN2O5S2. The maximum absolute atomic E-state index is 12.6. The summed E-state index contributed by atoms with van der Waals surface area (Å²) in [7, 11) is -4.14. The molecule has 1 aliphatic rings. The molecule has 0 atom stereocenters. The fraction of sp³-hybridized carbons (Fsp3) is 0.0556. The molecule has 2 aromatic carbocycles. The fourth-order valence-electron chi connectivity index (χ4n) is 2.34. The molecule has 0 aliphatic carbocycles. The minimum Gasteiger partial charge on any atom is -0.378 e. The molecule has 2 N–H and O–H groups in total. The van der Waals surface area contributed by atoms with E-state index in [0.29, 0.717) is 0 Å². The number of aryl methyl sites for hydroxylation is 1. The fourth-order valence-corrected chi connectivity index (χ4v) is 3.66. The van der Waals surface area contributed by atoms with Crippen LogP contribution in [0.3, 0.4) is 0 Å². The van der Waals surface area contributed by atoms with E-state index in [9.17, 15) is 18.0 Å². The van der Waals surface area contributed by atoms with Crippen molar-refractivity contribution in [2.75, 3.05) is 0 Å². The number of halogens is 1. The van der Waals surface area contributed by atoms with Gasteiger partial charge in [-0.1, -0.05) is 29.3 Å². The molecule has 28 heavy (non-hydrogen) atoms. The monoisotopic (exact) mass is 436 g/mol. The van der Waals surface area contributed by atoms with E-state index in [-0.39, 0.29) is 31.9 Å². The zero-order chi connectivity index (χ0) is 20.5. The third-order valence-electron chi connectivity index (χ3n) is 3.72. The van der Waals surface area contributed by atoms with Gasteiger partial charge in [0.2, 0.25) is 0 Å². The summed E-state index contributed by atoms with van der Waals surface area (Å²) < 4.78 is 30.4. The average molecular weight is 437 g/mol. The lowest BCUT2D eigenvalue weighted by Crippen LogP contribution is -2.51.